The zero-order valence-electron chi connectivity index (χ0n) is 11.7. The molecule has 0 bridgehead atoms. The molecule has 1 rings (SSSR count). The Hall–Kier alpha value is -1.63. The van der Waals surface area contributed by atoms with Gasteiger partial charge in [0.15, 0.2) is 0 Å². The fraction of sp³-hybridized carbons (Fsp3) is 0.769. The van der Waals surface area contributed by atoms with E-state index in [1.807, 2.05) is 0 Å². The molecule has 1 fully saturated rings. The maximum Gasteiger partial charge on any atom is 0.322 e. The Morgan fingerprint density at radius 2 is 1.80 bits per heavy atom. The lowest BCUT2D eigenvalue weighted by Gasteiger charge is -2.27. The third-order valence-corrected chi connectivity index (χ3v) is 3.67. The number of carbonyl (C=O) groups is 3. The highest BCUT2D eigenvalue weighted by Crippen LogP contribution is 2.41. The van der Waals surface area contributed by atoms with Gasteiger partial charge in [-0.1, -0.05) is 12.8 Å². The normalized spacial score (nSPS) is 16.6. The Labute approximate surface area is 118 Å². The molecule has 0 aliphatic heterocycles. The first-order valence-electron chi connectivity index (χ1n) is 6.76. The van der Waals surface area contributed by atoms with Gasteiger partial charge in [0.1, 0.15) is 6.54 Å². The smallest absolute Gasteiger partial charge is 0.322 e. The number of hydrogen-bond donors (Lipinski definition) is 3. The molecule has 20 heavy (non-hydrogen) atoms. The van der Waals surface area contributed by atoms with Gasteiger partial charge in [-0.25, -0.2) is 0 Å². The van der Waals surface area contributed by atoms with Crippen LogP contribution in [-0.2, 0) is 19.1 Å². The van der Waals surface area contributed by atoms with Crippen molar-refractivity contribution >= 4 is 17.8 Å². The van der Waals surface area contributed by atoms with Crippen LogP contribution in [0.2, 0.25) is 0 Å². The molecule has 0 aromatic heterocycles. The number of carboxylic acids is 1. The van der Waals surface area contributed by atoms with Crippen LogP contribution in [0.3, 0.4) is 0 Å². The summed E-state index contributed by atoms with van der Waals surface area (Å²) in [5.41, 5.74) is -0.441. The second-order valence-electron chi connectivity index (χ2n) is 5.08. The van der Waals surface area contributed by atoms with Crippen LogP contribution in [0.15, 0.2) is 0 Å². The lowest BCUT2D eigenvalue weighted by atomic mass is 9.82. The Balaban J connectivity index is 2.42. The first-order chi connectivity index (χ1) is 9.50. The van der Waals surface area contributed by atoms with E-state index < -0.39 is 23.8 Å². The molecule has 0 heterocycles. The van der Waals surface area contributed by atoms with E-state index in [2.05, 4.69) is 10.6 Å². The molecule has 0 saturated heterocycles. The minimum atomic E-state index is -1.11. The van der Waals surface area contributed by atoms with Gasteiger partial charge in [-0.05, 0) is 19.3 Å². The molecule has 2 amide bonds. The summed E-state index contributed by atoms with van der Waals surface area (Å²) in [7, 11) is 1.60. The summed E-state index contributed by atoms with van der Waals surface area (Å²) in [6.45, 7) is -0.122. The van der Waals surface area contributed by atoms with E-state index in [4.69, 9.17) is 9.84 Å². The van der Waals surface area contributed by atoms with Crippen molar-refractivity contribution in [1.29, 1.82) is 0 Å². The number of carbonyl (C=O) groups excluding carboxylic acids is 2. The van der Waals surface area contributed by atoms with Gasteiger partial charge in [0.25, 0.3) is 0 Å². The quantitative estimate of drug-likeness (QED) is 0.578. The summed E-state index contributed by atoms with van der Waals surface area (Å²) in [6.07, 6.45) is 4.26. The lowest BCUT2D eigenvalue weighted by molar-refractivity contribution is -0.138. The topological polar surface area (TPSA) is 105 Å². The van der Waals surface area contributed by atoms with Crippen molar-refractivity contribution in [1.82, 2.24) is 10.6 Å². The number of nitrogens with one attached hydrogen (secondary N) is 2. The minimum absolute atomic E-state index is 0.141. The molecular weight excluding hydrogens is 264 g/mol. The van der Waals surface area contributed by atoms with Crippen molar-refractivity contribution in [3.05, 3.63) is 0 Å². The molecule has 1 aliphatic carbocycles. The highest BCUT2D eigenvalue weighted by Gasteiger charge is 2.40. The number of ether oxygens (including phenoxy) is 1. The molecular formula is C13H22N2O5. The third kappa shape index (κ3) is 4.80. The van der Waals surface area contributed by atoms with Crippen molar-refractivity contribution in [3.63, 3.8) is 0 Å². The molecule has 7 nitrogen and oxygen atoms in total. The van der Waals surface area contributed by atoms with Crippen LogP contribution in [0.5, 0.6) is 0 Å². The second-order valence-corrected chi connectivity index (χ2v) is 5.08. The Kier molecular flexibility index (Phi) is 6.44. The second kappa shape index (κ2) is 7.84. The van der Waals surface area contributed by atoms with Crippen molar-refractivity contribution in [2.24, 2.45) is 5.41 Å². The van der Waals surface area contributed by atoms with Gasteiger partial charge in [-0.3, -0.25) is 14.4 Å². The van der Waals surface area contributed by atoms with E-state index in [-0.39, 0.29) is 12.5 Å². The van der Waals surface area contributed by atoms with Gasteiger partial charge in [0, 0.05) is 13.7 Å². The molecule has 0 radical (unpaired) electrons. The molecule has 1 aliphatic rings. The van der Waals surface area contributed by atoms with Crippen molar-refractivity contribution in [2.45, 2.75) is 32.1 Å². The van der Waals surface area contributed by atoms with Gasteiger partial charge in [0.2, 0.25) is 11.8 Å². The number of amides is 2. The predicted molar refractivity (Wildman–Crippen MR) is 71.0 cm³/mol. The summed E-state index contributed by atoms with van der Waals surface area (Å²) in [5, 5.41) is 13.2. The van der Waals surface area contributed by atoms with E-state index in [1.54, 1.807) is 7.11 Å². The third-order valence-electron chi connectivity index (χ3n) is 3.67. The van der Waals surface area contributed by atoms with Crippen molar-refractivity contribution in [3.8, 4) is 0 Å². The number of rotatable bonds is 8. The van der Waals surface area contributed by atoms with Crippen molar-refractivity contribution < 1.29 is 24.2 Å². The predicted octanol–water partition coefficient (Wildman–Crippen LogP) is -0.0997. The van der Waals surface area contributed by atoms with Gasteiger partial charge in [-0.2, -0.15) is 0 Å². The number of hydrogen-bond acceptors (Lipinski definition) is 4. The van der Waals surface area contributed by atoms with Crippen LogP contribution in [0.4, 0.5) is 0 Å². The SMILES string of the molecule is COCCC1(C(=O)NCC(=O)NCC(=O)O)CCCC1. The van der Waals surface area contributed by atoms with E-state index >= 15 is 0 Å². The molecule has 1 saturated carbocycles. The standard InChI is InChI=1S/C13H22N2O5/c1-20-7-6-13(4-2-3-5-13)12(19)15-8-10(16)14-9-11(17)18/h2-9H2,1H3,(H,14,16)(H,15,19)(H,17,18). The van der Waals surface area contributed by atoms with E-state index in [9.17, 15) is 14.4 Å². The first-order valence-corrected chi connectivity index (χ1v) is 6.76. The largest absolute Gasteiger partial charge is 0.480 e. The molecule has 7 heteroatoms. The maximum atomic E-state index is 12.3. The zero-order valence-corrected chi connectivity index (χ0v) is 11.7. The Morgan fingerprint density at radius 3 is 2.35 bits per heavy atom. The fourth-order valence-corrected chi connectivity index (χ4v) is 2.52. The van der Waals surface area contributed by atoms with Crippen LogP contribution in [-0.4, -0.2) is 49.7 Å². The Morgan fingerprint density at radius 1 is 1.15 bits per heavy atom. The molecule has 0 aromatic rings. The van der Waals surface area contributed by atoms with Crippen LogP contribution in [0, 0.1) is 5.41 Å². The molecule has 0 aromatic carbocycles. The summed E-state index contributed by atoms with van der Waals surface area (Å²) in [5.74, 6) is -1.75. The number of aliphatic carboxylic acids is 1. The lowest BCUT2D eigenvalue weighted by Crippen LogP contribution is -2.45. The molecule has 3 N–H and O–H groups in total. The minimum Gasteiger partial charge on any atom is -0.480 e. The molecule has 0 spiro atoms. The van der Waals surface area contributed by atoms with Crippen LogP contribution in [0.25, 0.3) is 0 Å². The van der Waals surface area contributed by atoms with Gasteiger partial charge in [0.05, 0.1) is 12.0 Å². The van der Waals surface area contributed by atoms with Gasteiger partial charge >= 0.3 is 5.97 Å². The molecule has 0 atom stereocenters. The van der Waals surface area contributed by atoms with Crippen LogP contribution < -0.4 is 10.6 Å². The molecule has 0 unspecified atom stereocenters. The summed E-state index contributed by atoms with van der Waals surface area (Å²) >= 11 is 0. The summed E-state index contributed by atoms with van der Waals surface area (Å²) in [6, 6.07) is 0. The van der Waals surface area contributed by atoms with E-state index in [0.717, 1.165) is 25.7 Å². The average Bonchev–Trinajstić information content (AvgIpc) is 2.90. The number of carboxylic acid groups (broad SMARTS) is 1. The fourth-order valence-electron chi connectivity index (χ4n) is 2.52. The highest BCUT2D eigenvalue weighted by atomic mass is 16.5. The van der Waals surface area contributed by atoms with E-state index in [1.165, 1.54) is 0 Å². The molecule has 114 valence electrons. The monoisotopic (exact) mass is 286 g/mol. The highest BCUT2D eigenvalue weighted by molar-refractivity contribution is 5.89. The first kappa shape index (κ1) is 16.4. The van der Waals surface area contributed by atoms with Gasteiger partial charge < -0.3 is 20.5 Å². The van der Waals surface area contributed by atoms with Crippen molar-refractivity contribution in [2.75, 3.05) is 26.8 Å². The van der Waals surface area contributed by atoms with Crippen LogP contribution >= 0.6 is 0 Å². The Bertz CT molecular complexity index is 364. The van der Waals surface area contributed by atoms with Gasteiger partial charge in [-0.15, -0.1) is 0 Å². The van der Waals surface area contributed by atoms with Crippen LogP contribution in [0.1, 0.15) is 32.1 Å². The summed E-state index contributed by atoms with van der Waals surface area (Å²) < 4.78 is 5.04. The summed E-state index contributed by atoms with van der Waals surface area (Å²) in [4.78, 5) is 33.9. The zero-order chi connectivity index (χ0) is 15.0. The average molecular weight is 286 g/mol. The number of methoxy groups -OCH3 is 1. The van der Waals surface area contributed by atoms with E-state index in [0.29, 0.717) is 13.0 Å². The maximum absolute atomic E-state index is 12.3.